The van der Waals surface area contributed by atoms with Crippen molar-refractivity contribution in [3.63, 3.8) is 0 Å². The Kier molecular flexibility index (Phi) is 6.17. The zero-order valence-electron chi connectivity index (χ0n) is 16.8. The molecule has 3 nitrogen and oxygen atoms in total. The van der Waals surface area contributed by atoms with E-state index in [1.54, 1.807) is 11.8 Å². The third kappa shape index (κ3) is 4.18. The van der Waals surface area contributed by atoms with Crippen LogP contribution in [0.3, 0.4) is 0 Å². The Morgan fingerprint density at radius 1 is 1.21 bits per heavy atom. The summed E-state index contributed by atoms with van der Waals surface area (Å²) >= 11 is 7.94. The fourth-order valence-corrected chi connectivity index (χ4v) is 5.93. The highest BCUT2D eigenvalue weighted by molar-refractivity contribution is 8.00. The minimum Gasteiger partial charge on any atom is -0.352 e. The second-order valence-electron chi connectivity index (χ2n) is 8.46. The predicted octanol–water partition coefficient (Wildman–Crippen LogP) is 5.80. The molecule has 28 heavy (non-hydrogen) atoms. The lowest BCUT2D eigenvalue weighted by Crippen LogP contribution is -2.44. The number of fused-ring (bicyclic) bond motifs is 2. The molecule has 1 amide bonds. The highest BCUT2D eigenvalue weighted by Crippen LogP contribution is 2.37. The van der Waals surface area contributed by atoms with Crippen LogP contribution >= 0.6 is 23.4 Å². The Hall–Kier alpha value is -1.26. The minimum absolute atomic E-state index is 0.146. The molecule has 1 aromatic heterocycles. The number of rotatable bonds is 4. The topological polar surface area (TPSA) is 42.0 Å². The van der Waals surface area contributed by atoms with Gasteiger partial charge in [-0.05, 0) is 67.7 Å². The summed E-state index contributed by atoms with van der Waals surface area (Å²) in [6.07, 6.45) is 8.06. The van der Waals surface area contributed by atoms with E-state index in [-0.39, 0.29) is 5.91 Å². The molecule has 1 heterocycles. The molecule has 0 bridgehead atoms. The van der Waals surface area contributed by atoms with Crippen LogP contribution in [0.1, 0.15) is 57.2 Å². The van der Waals surface area contributed by atoms with Crippen LogP contribution in [0, 0.1) is 11.8 Å². The largest absolute Gasteiger partial charge is 0.352 e. The van der Waals surface area contributed by atoms with E-state index in [4.69, 9.17) is 16.6 Å². The smallest absolute Gasteiger partial charge is 0.230 e. The van der Waals surface area contributed by atoms with Crippen LogP contribution in [0.15, 0.2) is 23.1 Å². The van der Waals surface area contributed by atoms with E-state index in [0.717, 1.165) is 35.2 Å². The van der Waals surface area contributed by atoms with Crippen LogP contribution in [0.4, 0.5) is 0 Å². The fraction of sp³-hybridized carbons (Fsp3) is 0.565. The SMILES string of the molecule is C[C@H]1[C@H](C)CCC[C@H]1NC(=O)CSc1c2c(nc3ccc(Cl)cc13)CCCC2. The molecular formula is C23H29ClN2OS. The molecule has 1 aromatic carbocycles. The molecule has 0 aliphatic heterocycles. The number of aromatic nitrogens is 1. The minimum atomic E-state index is 0.146. The first-order valence-electron chi connectivity index (χ1n) is 10.6. The molecule has 150 valence electrons. The number of hydrogen-bond donors (Lipinski definition) is 1. The molecule has 3 atom stereocenters. The van der Waals surface area contributed by atoms with Crippen LogP contribution in [0.25, 0.3) is 10.9 Å². The Morgan fingerprint density at radius 3 is 2.89 bits per heavy atom. The average Bonchev–Trinajstić information content (AvgIpc) is 2.69. The fourth-order valence-electron chi connectivity index (χ4n) is 4.69. The molecule has 2 aliphatic carbocycles. The lowest BCUT2D eigenvalue weighted by molar-refractivity contribution is -0.119. The molecule has 0 radical (unpaired) electrons. The Bertz CT molecular complexity index is 885. The van der Waals surface area contributed by atoms with Gasteiger partial charge in [0.25, 0.3) is 0 Å². The molecule has 0 saturated heterocycles. The summed E-state index contributed by atoms with van der Waals surface area (Å²) in [5, 5.41) is 5.12. The molecule has 4 rings (SSSR count). The third-order valence-corrected chi connectivity index (χ3v) is 7.97. The van der Waals surface area contributed by atoms with Crippen molar-refractivity contribution in [2.45, 2.75) is 69.7 Å². The number of pyridine rings is 1. The van der Waals surface area contributed by atoms with Gasteiger partial charge in [-0.3, -0.25) is 9.78 Å². The molecule has 1 fully saturated rings. The van der Waals surface area contributed by atoms with Gasteiger partial charge in [0, 0.05) is 27.0 Å². The standard InChI is InChI=1S/C23H29ClN2OS/c1-14-6-5-9-19(15(14)2)26-22(27)13-28-23-17-7-3-4-8-20(17)25-21-11-10-16(24)12-18(21)23/h10-12,14-15,19H,3-9,13H2,1-2H3,(H,26,27)/t14-,15+,19-/m1/s1. The second-order valence-corrected chi connectivity index (χ2v) is 9.89. The summed E-state index contributed by atoms with van der Waals surface area (Å²) in [5.41, 5.74) is 3.53. The lowest BCUT2D eigenvalue weighted by Gasteiger charge is -2.34. The van der Waals surface area contributed by atoms with Crippen molar-refractivity contribution in [2.75, 3.05) is 5.75 Å². The number of aryl methyl sites for hydroxylation is 1. The molecular weight excluding hydrogens is 388 g/mol. The summed E-state index contributed by atoms with van der Waals surface area (Å²) in [5.74, 6) is 1.84. The summed E-state index contributed by atoms with van der Waals surface area (Å²) < 4.78 is 0. The third-order valence-electron chi connectivity index (χ3n) is 6.57. The molecule has 2 aliphatic rings. The highest BCUT2D eigenvalue weighted by Gasteiger charge is 2.28. The number of benzene rings is 1. The summed E-state index contributed by atoms with van der Waals surface area (Å²) in [7, 11) is 0. The van der Waals surface area contributed by atoms with Gasteiger partial charge >= 0.3 is 0 Å². The summed E-state index contributed by atoms with van der Waals surface area (Å²) in [4.78, 5) is 18.8. The molecule has 0 spiro atoms. The van der Waals surface area contributed by atoms with Gasteiger partial charge < -0.3 is 5.32 Å². The van der Waals surface area contributed by atoms with E-state index in [9.17, 15) is 4.79 Å². The van der Waals surface area contributed by atoms with Gasteiger partial charge in [-0.25, -0.2) is 0 Å². The maximum atomic E-state index is 12.7. The van der Waals surface area contributed by atoms with Gasteiger partial charge in [0.2, 0.25) is 5.91 Å². The lowest BCUT2D eigenvalue weighted by atomic mass is 9.78. The molecule has 2 aromatic rings. The Morgan fingerprint density at radius 2 is 2.04 bits per heavy atom. The average molecular weight is 417 g/mol. The van der Waals surface area contributed by atoms with E-state index in [1.165, 1.54) is 41.8 Å². The van der Waals surface area contributed by atoms with Crippen molar-refractivity contribution in [1.29, 1.82) is 0 Å². The van der Waals surface area contributed by atoms with Gasteiger partial charge in [-0.2, -0.15) is 0 Å². The van der Waals surface area contributed by atoms with Gasteiger partial charge in [0.05, 0.1) is 11.3 Å². The summed E-state index contributed by atoms with van der Waals surface area (Å²) in [6.45, 7) is 4.58. The van der Waals surface area contributed by atoms with Gasteiger partial charge in [-0.15, -0.1) is 11.8 Å². The van der Waals surface area contributed by atoms with Gasteiger partial charge in [-0.1, -0.05) is 38.3 Å². The number of nitrogens with zero attached hydrogens (tertiary/aromatic N) is 1. The maximum absolute atomic E-state index is 12.7. The van der Waals surface area contributed by atoms with Gasteiger partial charge in [0.1, 0.15) is 0 Å². The maximum Gasteiger partial charge on any atom is 0.230 e. The van der Waals surface area contributed by atoms with Crippen LogP contribution in [0.5, 0.6) is 0 Å². The van der Waals surface area contributed by atoms with Crippen molar-refractivity contribution in [1.82, 2.24) is 10.3 Å². The number of hydrogen-bond acceptors (Lipinski definition) is 3. The van der Waals surface area contributed by atoms with Crippen LogP contribution in [-0.4, -0.2) is 22.7 Å². The van der Waals surface area contributed by atoms with Crippen molar-refractivity contribution in [2.24, 2.45) is 11.8 Å². The zero-order valence-corrected chi connectivity index (χ0v) is 18.3. The van der Waals surface area contributed by atoms with Gasteiger partial charge in [0.15, 0.2) is 0 Å². The van der Waals surface area contributed by atoms with Crippen molar-refractivity contribution in [3.05, 3.63) is 34.5 Å². The number of halogens is 1. The zero-order chi connectivity index (χ0) is 19.7. The van der Waals surface area contributed by atoms with Crippen LogP contribution in [-0.2, 0) is 17.6 Å². The first-order valence-corrected chi connectivity index (χ1v) is 11.9. The molecule has 1 saturated carbocycles. The van der Waals surface area contributed by atoms with Crippen molar-refractivity contribution >= 4 is 40.2 Å². The normalized spacial score (nSPS) is 24.8. The predicted molar refractivity (Wildman–Crippen MR) is 118 cm³/mol. The van der Waals surface area contributed by atoms with E-state index in [2.05, 4.69) is 19.2 Å². The van der Waals surface area contributed by atoms with E-state index >= 15 is 0 Å². The number of amides is 1. The van der Waals surface area contributed by atoms with Crippen molar-refractivity contribution in [3.8, 4) is 0 Å². The first kappa shape index (κ1) is 20.0. The highest BCUT2D eigenvalue weighted by atomic mass is 35.5. The molecule has 5 heteroatoms. The Balaban J connectivity index is 1.54. The number of carbonyl (C=O) groups is 1. The summed E-state index contributed by atoms with van der Waals surface area (Å²) in [6, 6.07) is 6.22. The second kappa shape index (κ2) is 8.62. The first-order chi connectivity index (χ1) is 13.5. The number of nitrogens with one attached hydrogen (secondary N) is 1. The Labute approximate surface area is 177 Å². The van der Waals surface area contributed by atoms with E-state index < -0.39 is 0 Å². The monoisotopic (exact) mass is 416 g/mol. The van der Waals surface area contributed by atoms with Crippen LogP contribution in [0.2, 0.25) is 5.02 Å². The number of carbonyl (C=O) groups excluding carboxylic acids is 1. The van der Waals surface area contributed by atoms with E-state index in [1.807, 2.05) is 18.2 Å². The molecule has 0 unspecified atom stereocenters. The van der Waals surface area contributed by atoms with Crippen LogP contribution < -0.4 is 5.32 Å². The quantitative estimate of drug-likeness (QED) is 0.640. The molecule has 1 N–H and O–H groups in total. The van der Waals surface area contributed by atoms with Crippen molar-refractivity contribution < 1.29 is 4.79 Å². The number of thioether (sulfide) groups is 1. The van der Waals surface area contributed by atoms with E-state index in [0.29, 0.717) is 23.6 Å².